The summed E-state index contributed by atoms with van der Waals surface area (Å²) in [6.07, 6.45) is 4.37. The van der Waals surface area contributed by atoms with Crippen LogP contribution in [0.4, 0.5) is 5.69 Å². The fourth-order valence-electron chi connectivity index (χ4n) is 2.86. The quantitative estimate of drug-likeness (QED) is 0.389. The van der Waals surface area contributed by atoms with Crippen molar-refractivity contribution in [3.05, 3.63) is 60.0 Å². The standard InChI is InChI=1S/C20H26N2O3/c1-4-22-13-19(16(3)24)15(2)18-12-17(7-8-20(18)22)6-5-10-25-11-9-21-14-23/h7-8,12-14,24H,2-6,9-11H2,1H3,(H,21,23). The molecule has 5 heteroatoms. The van der Waals surface area contributed by atoms with Gasteiger partial charge in [-0.05, 0) is 43.0 Å². The number of hydrogen-bond donors (Lipinski definition) is 2. The lowest BCUT2D eigenvalue weighted by Crippen LogP contribution is -2.21. The van der Waals surface area contributed by atoms with Crippen LogP contribution in [0.15, 0.2) is 48.9 Å². The Bertz CT molecular complexity index is 680. The number of hydrogen-bond acceptors (Lipinski definition) is 4. The van der Waals surface area contributed by atoms with Crippen LogP contribution in [0.3, 0.4) is 0 Å². The molecular weight excluding hydrogens is 316 g/mol. The molecule has 134 valence electrons. The summed E-state index contributed by atoms with van der Waals surface area (Å²) >= 11 is 0. The summed E-state index contributed by atoms with van der Waals surface area (Å²) in [6.45, 7) is 12.4. The van der Waals surface area contributed by atoms with Gasteiger partial charge in [-0.25, -0.2) is 0 Å². The summed E-state index contributed by atoms with van der Waals surface area (Å²) in [4.78, 5) is 12.2. The van der Waals surface area contributed by atoms with E-state index in [-0.39, 0.29) is 5.76 Å². The van der Waals surface area contributed by atoms with Gasteiger partial charge in [0, 0.05) is 42.7 Å². The van der Waals surface area contributed by atoms with E-state index in [2.05, 4.69) is 48.5 Å². The number of nitrogens with zero attached hydrogens (tertiary/aromatic N) is 1. The maximum absolute atomic E-state index is 10.1. The first kappa shape index (κ1) is 18.8. The number of rotatable bonds is 10. The molecular formula is C20H26N2O3. The van der Waals surface area contributed by atoms with E-state index in [1.165, 1.54) is 5.56 Å². The van der Waals surface area contributed by atoms with Gasteiger partial charge in [-0.1, -0.05) is 19.2 Å². The second-order valence-corrected chi connectivity index (χ2v) is 5.89. The molecule has 1 aromatic rings. The van der Waals surface area contributed by atoms with E-state index in [1.807, 2.05) is 6.20 Å². The average molecular weight is 342 g/mol. The van der Waals surface area contributed by atoms with Crippen LogP contribution >= 0.6 is 0 Å². The number of carbonyl (C=O) groups excluding carboxylic acids is 1. The highest BCUT2D eigenvalue weighted by Gasteiger charge is 2.21. The second-order valence-electron chi connectivity index (χ2n) is 5.89. The highest BCUT2D eigenvalue weighted by Crippen LogP contribution is 2.38. The Morgan fingerprint density at radius 2 is 2.20 bits per heavy atom. The molecule has 0 unspecified atom stereocenters. The second kappa shape index (κ2) is 9.08. The van der Waals surface area contributed by atoms with Crippen molar-refractivity contribution in [3.8, 4) is 0 Å². The lowest BCUT2D eigenvalue weighted by molar-refractivity contribution is -0.109. The Morgan fingerprint density at radius 1 is 1.40 bits per heavy atom. The Morgan fingerprint density at radius 3 is 2.88 bits per heavy atom. The lowest BCUT2D eigenvalue weighted by Gasteiger charge is -2.30. The monoisotopic (exact) mass is 342 g/mol. The van der Waals surface area contributed by atoms with Crippen molar-refractivity contribution in [3.63, 3.8) is 0 Å². The van der Waals surface area contributed by atoms with Gasteiger partial charge in [-0.2, -0.15) is 0 Å². The first-order valence-corrected chi connectivity index (χ1v) is 8.52. The van der Waals surface area contributed by atoms with Crippen LogP contribution in [0.2, 0.25) is 0 Å². The number of carbonyl (C=O) groups is 1. The van der Waals surface area contributed by atoms with E-state index in [4.69, 9.17) is 4.74 Å². The van der Waals surface area contributed by atoms with E-state index >= 15 is 0 Å². The van der Waals surface area contributed by atoms with Crippen molar-refractivity contribution >= 4 is 17.7 Å². The number of aryl methyl sites for hydroxylation is 1. The van der Waals surface area contributed by atoms with Crippen LogP contribution < -0.4 is 10.2 Å². The van der Waals surface area contributed by atoms with Gasteiger partial charge in [0.15, 0.2) is 0 Å². The molecule has 25 heavy (non-hydrogen) atoms. The molecule has 1 aliphatic rings. The van der Waals surface area contributed by atoms with Crippen molar-refractivity contribution in [2.24, 2.45) is 0 Å². The number of allylic oxidation sites excluding steroid dienone is 1. The van der Waals surface area contributed by atoms with E-state index in [1.54, 1.807) is 0 Å². The number of benzene rings is 1. The minimum absolute atomic E-state index is 0.0387. The van der Waals surface area contributed by atoms with Crippen molar-refractivity contribution in [2.45, 2.75) is 19.8 Å². The van der Waals surface area contributed by atoms with Crippen molar-refractivity contribution < 1.29 is 14.6 Å². The molecule has 0 spiro atoms. The van der Waals surface area contributed by atoms with Crippen molar-refractivity contribution in [2.75, 3.05) is 31.2 Å². The predicted molar refractivity (Wildman–Crippen MR) is 102 cm³/mol. The number of amides is 1. The Kier molecular flexibility index (Phi) is 6.83. The largest absolute Gasteiger partial charge is 0.508 e. The molecule has 1 amide bonds. The third-order valence-electron chi connectivity index (χ3n) is 4.19. The minimum Gasteiger partial charge on any atom is -0.508 e. The lowest BCUT2D eigenvalue weighted by atomic mass is 9.91. The molecule has 2 rings (SSSR count). The van der Waals surface area contributed by atoms with Gasteiger partial charge in [0.25, 0.3) is 0 Å². The van der Waals surface area contributed by atoms with Crippen LogP contribution in [0.25, 0.3) is 5.57 Å². The van der Waals surface area contributed by atoms with E-state index in [9.17, 15) is 9.90 Å². The molecule has 2 N–H and O–H groups in total. The van der Waals surface area contributed by atoms with Crippen LogP contribution in [-0.4, -0.2) is 37.8 Å². The van der Waals surface area contributed by atoms with Gasteiger partial charge in [0.2, 0.25) is 6.41 Å². The summed E-state index contributed by atoms with van der Waals surface area (Å²) in [5.41, 5.74) is 4.80. The molecule has 0 aliphatic carbocycles. The number of aliphatic hydroxyl groups excluding tert-OH is 1. The zero-order valence-corrected chi connectivity index (χ0v) is 14.8. The number of ether oxygens (including phenoxy) is 1. The summed E-state index contributed by atoms with van der Waals surface area (Å²) in [5, 5.41) is 12.4. The summed E-state index contributed by atoms with van der Waals surface area (Å²) in [6, 6.07) is 6.35. The molecule has 5 nitrogen and oxygen atoms in total. The number of anilines is 1. The normalized spacial score (nSPS) is 13.2. The van der Waals surface area contributed by atoms with Crippen molar-refractivity contribution in [1.29, 1.82) is 0 Å². The zero-order valence-electron chi connectivity index (χ0n) is 14.8. The van der Waals surface area contributed by atoms with Gasteiger partial charge in [-0.15, -0.1) is 0 Å². The SMILES string of the molecule is C=C(O)C1=CN(CC)c2ccc(CCCOCCNC=O)cc2C1=C. The predicted octanol–water partition coefficient (Wildman–Crippen LogP) is 3.19. The topological polar surface area (TPSA) is 61.8 Å². The molecule has 0 aromatic heterocycles. The van der Waals surface area contributed by atoms with Crippen LogP contribution in [0, 0.1) is 0 Å². The summed E-state index contributed by atoms with van der Waals surface area (Å²) in [7, 11) is 0. The molecule has 1 heterocycles. The Balaban J connectivity index is 2.00. The molecule has 0 fully saturated rings. The molecule has 0 atom stereocenters. The maximum Gasteiger partial charge on any atom is 0.207 e. The minimum atomic E-state index is 0.0387. The van der Waals surface area contributed by atoms with Crippen LogP contribution in [0.5, 0.6) is 0 Å². The fraction of sp³-hybridized carbons (Fsp3) is 0.350. The van der Waals surface area contributed by atoms with E-state index in [0.29, 0.717) is 31.7 Å². The molecule has 1 aromatic carbocycles. The molecule has 0 saturated heterocycles. The van der Waals surface area contributed by atoms with Gasteiger partial charge in [-0.3, -0.25) is 4.79 Å². The first-order valence-electron chi connectivity index (χ1n) is 8.52. The van der Waals surface area contributed by atoms with Gasteiger partial charge in [0.05, 0.1) is 6.61 Å². The maximum atomic E-state index is 10.1. The van der Waals surface area contributed by atoms with Crippen molar-refractivity contribution in [1.82, 2.24) is 5.32 Å². The number of fused-ring (bicyclic) bond motifs is 1. The third-order valence-corrected chi connectivity index (χ3v) is 4.19. The molecule has 0 saturated carbocycles. The fourth-order valence-corrected chi connectivity index (χ4v) is 2.86. The smallest absolute Gasteiger partial charge is 0.207 e. The van der Waals surface area contributed by atoms with Gasteiger partial charge >= 0.3 is 0 Å². The number of nitrogens with one attached hydrogen (secondary N) is 1. The van der Waals surface area contributed by atoms with Gasteiger partial charge in [0.1, 0.15) is 5.76 Å². The van der Waals surface area contributed by atoms with E-state index in [0.717, 1.165) is 36.2 Å². The highest BCUT2D eigenvalue weighted by atomic mass is 16.5. The summed E-state index contributed by atoms with van der Waals surface area (Å²) in [5.74, 6) is 0.0387. The molecule has 0 bridgehead atoms. The van der Waals surface area contributed by atoms with Crippen LogP contribution in [0.1, 0.15) is 24.5 Å². The number of aliphatic hydroxyl groups is 1. The van der Waals surface area contributed by atoms with Gasteiger partial charge < -0.3 is 20.1 Å². The Hall–Kier alpha value is -2.53. The van der Waals surface area contributed by atoms with Crippen LogP contribution in [-0.2, 0) is 16.0 Å². The average Bonchev–Trinajstić information content (AvgIpc) is 2.61. The summed E-state index contributed by atoms with van der Waals surface area (Å²) < 4.78 is 5.47. The first-order chi connectivity index (χ1) is 12.1. The molecule has 1 aliphatic heterocycles. The van der Waals surface area contributed by atoms with E-state index < -0.39 is 0 Å². The third kappa shape index (κ3) is 4.73. The Labute approximate surface area is 149 Å². The zero-order chi connectivity index (χ0) is 18.2. The molecule has 0 radical (unpaired) electrons. The highest BCUT2D eigenvalue weighted by molar-refractivity contribution is 5.91.